The van der Waals surface area contributed by atoms with Gasteiger partial charge in [-0.15, -0.1) is 11.8 Å². The first-order valence-electron chi connectivity index (χ1n) is 7.69. The van der Waals surface area contributed by atoms with Gasteiger partial charge in [-0.1, -0.05) is 18.2 Å². The van der Waals surface area contributed by atoms with Crippen LogP contribution >= 0.6 is 11.8 Å². The Balaban J connectivity index is 1.56. The molecule has 1 aromatic rings. The van der Waals surface area contributed by atoms with Crippen LogP contribution in [0.3, 0.4) is 0 Å². The minimum atomic E-state index is -0.0907. The minimum absolute atomic E-state index is 0.0533. The molecule has 5 nitrogen and oxygen atoms in total. The molecule has 6 heteroatoms. The molecule has 2 aliphatic heterocycles. The van der Waals surface area contributed by atoms with Crippen molar-refractivity contribution in [2.24, 2.45) is 0 Å². The zero-order valence-corrected chi connectivity index (χ0v) is 13.4. The van der Waals surface area contributed by atoms with Gasteiger partial charge in [0.25, 0.3) is 0 Å². The Kier molecular flexibility index (Phi) is 4.87. The third-order valence-electron chi connectivity index (χ3n) is 4.07. The first kappa shape index (κ1) is 15.2. The van der Waals surface area contributed by atoms with Crippen molar-refractivity contribution in [1.82, 2.24) is 10.2 Å². The number of anilines is 1. The minimum Gasteiger partial charge on any atom is -0.371 e. The molecule has 0 aliphatic carbocycles. The highest BCUT2D eigenvalue weighted by molar-refractivity contribution is 8.00. The zero-order valence-electron chi connectivity index (χ0n) is 12.6. The van der Waals surface area contributed by atoms with Crippen LogP contribution in [-0.2, 0) is 16.1 Å². The molecule has 0 aromatic heterocycles. The summed E-state index contributed by atoms with van der Waals surface area (Å²) in [5.41, 5.74) is 2.35. The van der Waals surface area contributed by atoms with Gasteiger partial charge in [-0.25, -0.2) is 0 Å². The zero-order chi connectivity index (χ0) is 15.4. The van der Waals surface area contributed by atoms with E-state index in [0.717, 1.165) is 18.7 Å². The molecule has 0 bridgehead atoms. The highest BCUT2D eigenvalue weighted by atomic mass is 32.2. The van der Waals surface area contributed by atoms with Crippen molar-refractivity contribution >= 4 is 29.3 Å². The van der Waals surface area contributed by atoms with Crippen LogP contribution in [0.1, 0.15) is 18.4 Å². The lowest BCUT2D eigenvalue weighted by Gasteiger charge is -2.22. The largest absolute Gasteiger partial charge is 0.371 e. The van der Waals surface area contributed by atoms with E-state index in [1.807, 2.05) is 12.1 Å². The lowest BCUT2D eigenvalue weighted by Crippen LogP contribution is -2.38. The Morgan fingerprint density at radius 2 is 2.00 bits per heavy atom. The number of nitrogens with zero attached hydrogens (tertiary/aromatic N) is 2. The van der Waals surface area contributed by atoms with Crippen LogP contribution < -0.4 is 10.2 Å². The van der Waals surface area contributed by atoms with E-state index in [2.05, 4.69) is 22.3 Å². The highest BCUT2D eigenvalue weighted by Gasteiger charge is 2.23. The second-order valence-electron chi connectivity index (χ2n) is 5.67. The van der Waals surface area contributed by atoms with E-state index in [0.29, 0.717) is 18.2 Å². The first-order valence-corrected chi connectivity index (χ1v) is 8.84. The molecule has 1 aromatic carbocycles. The number of thioether (sulfide) groups is 1. The normalized spacial score (nSPS) is 18.1. The van der Waals surface area contributed by atoms with Crippen LogP contribution in [0, 0.1) is 0 Å². The van der Waals surface area contributed by atoms with Crippen LogP contribution in [0.15, 0.2) is 24.3 Å². The predicted octanol–water partition coefficient (Wildman–Crippen LogP) is 1.44. The van der Waals surface area contributed by atoms with Gasteiger partial charge >= 0.3 is 0 Å². The molecule has 1 N–H and O–H groups in total. The van der Waals surface area contributed by atoms with E-state index in [9.17, 15) is 9.59 Å². The van der Waals surface area contributed by atoms with Gasteiger partial charge in [0.2, 0.25) is 11.8 Å². The van der Waals surface area contributed by atoms with Crippen molar-refractivity contribution in [2.45, 2.75) is 19.4 Å². The summed E-state index contributed by atoms with van der Waals surface area (Å²) in [6, 6.07) is 8.22. The molecule has 2 heterocycles. The number of carbonyl (C=O) groups is 2. The van der Waals surface area contributed by atoms with Gasteiger partial charge in [0, 0.05) is 25.3 Å². The summed E-state index contributed by atoms with van der Waals surface area (Å²) in [6.45, 7) is 2.85. The fourth-order valence-corrected chi connectivity index (χ4v) is 3.79. The Bertz CT molecular complexity index is 558. The van der Waals surface area contributed by atoms with E-state index in [1.165, 1.54) is 18.5 Å². The van der Waals surface area contributed by atoms with Crippen molar-refractivity contribution in [3.8, 4) is 0 Å². The molecule has 2 fully saturated rings. The van der Waals surface area contributed by atoms with Crippen LogP contribution in [0.2, 0.25) is 0 Å². The van der Waals surface area contributed by atoms with Crippen LogP contribution in [0.25, 0.3) is 0 Å². The SMILES string of the molecule is O=C(CN1CSCC1=O)NCc1ccccc1N1CCCC1. The molecule has 3 rings (SSSR count). The molecule has 0 spiro atoms. The number of benzene rings is 1. The quantitative estimate of drug-likeness (QED) is 0.892. The summed E-state index contributed by atoms with van der Waals surface area (Å²) in [5.74, 6) is 1.08. The van der Waals surface area contributed by atoms with Crippen LogP contribution in [-0.4, -0.2) is 48.0 Å². The molecular weight excluding hydrogens is 298 g/mol. The van der Waals surface area contributed by atoms with E-state index < -0.39 is 0 Å². The Morgan fingerprint density at radius 3 is 2.73 bits per heavy atom. The van der Waals surface area contributed by atoms with Crippen LogP contribution in [0.5, 0.6) is 0 Å². The average molecular weight is 319 g/mol. The summed E-state index contributed by atoms with van der Waals surface area (Å²) in [5, 5.41) is 2.94. The van der Waals surface area contributed by atoms with Gasteiger partial charge < -0.3 is 15.1 Å². The molecule has 2 aliphatic rings. The summed E-state index contributed by atoms with van der Waals surface area (Å²) in [7, 11) is 0. The Morgan fingerprint density at radius 1 is 1.23 bits per heavy atom. The van der Waals surface area contributed by atoms with Crippen molar-refractivity contribution in [1.29, 1.82) is 0 Å². The number of carbonyl (C=O) groups excluding carboxylic acids is 2. The molecule has 0 radical (unpaired) electrons. The molecular formula is C16H21N3O2S. The van der Waals surface area contributed by atoms with Gasteiger partial charge in [0.1, 0.15) is 6.54 Å². The molecule has 0 unspecified atom stereocenters. The van der Waals surface area contributed by atoms with E-state index in [-0.39, 0.29) is 18.4 Å². The fraction of sp³-hybridized carbons (Fsp3) is 0.500. The monoisotopic (exact) mass is 319 g/mol. The van der Waals surface area contributed by atoms with Crippen LogP contribution in [0.4, 0.5) is 5.69 Å². The number of para-hydroxylation sites is 1. The van der Waals surface area contributed by atoms with E-state index in [4.69, 9.17) is 0 Å². The Hall–Kier alpha value is -1.69. The highest BCUT2D eigenvalue weighted by Crippen LogP contribution is 2.24. The van der Waals surface area contributed by atoms with Gasteiger partial charge in [0.05, 0.1) is 11.6 Å². The number of hydrogen-bond donors (Lipinski definition) is 1. The van der Waals surface area contributed by atoms with Crippen molar-refractivity contribution in [3.63, 3.8) is 0 Å². The summed E-state index contributed by atoms with van der Waals surface area (Å²) >= 11 is 1.56. The lowest BCUT2D eigenvalue weighted by atomic mass is 10.1. The number of amides is 2. The maximum absolute atomic E-state index is 12.0. The average Bonchev–Trinajstić information content (AvgIpc) is 3.18. The molecule has 22 heavy (non-hydrogen) atoms. The van der Waals surface area contributed by atoms with E-state index >= 15 is 0 Å². The van der Waals surface area contributed by atoms with Crippen molar-refractivity contribution < 1.29 is 9.59 Å². The number of rotatable bonds is 5. The van der Waals surface area contributed by atoms with Gasteiger partial charge in [-0.2, -0.15) is 0 Å². The smallest absolute Gasteiger partial charge is 0.239 e. The third-order valence-corrected chi connectivity index (χ3v) is 5.02. The van der Waals surface area contributed by atoms with Gasteiger partial charge in [-0.3, -0.25) is 9.59 Å². The standard InChI is InChI=1S/C16H21N3O2S/c20-15(10-19-12-22-11-16(19)21)17-9-13-5-1-2-6-14(13)18-7-3-4-8-18/h1-2,5-6H,3-4,7-12H2,(H,17,20). The molecule has 2 saturated heterocycles. The maximum Gasteiger partial charge on any atom is 0.239 e. The van der Waals surface area contributed by atoms with Crippen molar-refractivity contribution in [2.75, 3.05) is 36.2 Å². The second kappa shape index (κ2) is 7.05. The molecule has 0 saturated carbocycles. The third kappa shape index (κ3) is 3.55. The number of hydrogen-bond acceptors (Lipinski definition) is 4. The fourth-order valence-electron chi connectivity index (χ4n) is 2.89. The summed E-state index contributed by atoms with van der Waals surface area (Å²) in [4.78, 5) is 27.5. The molecule has 0 atom stereocenters. The van der Waals surface area contributed by atoms with Crippen molar-refractivity contribution in [3.05, 3.63) is 29.8 Å². The number of nitrogens with one attached hydrogen (secondary N) is 1. The molecule has 118 valence electrons. The predicted molar refractivity (Wildman–Crippen MR) is 88.8 cm³/mol. The first-order chi connectivity index (χ1) is 10.7. The molecule has 2 amide bonds. The lowest BCUT2D eigenvalue weighted by molar-refractivity contribution is -0.132. The second-order valence-corrected chi connectivity index (χ2v) is 6.62. The van der Waals surface area contributed by atoms with E-state index in [1.54, 1.807) is 16.7 Å². The maximum atomic E-state index is 12.0. The summed E-state index contributed by atoms with van der Waals surface area (Å²) < 4.78 is 0. The Labute approximate surface area is 135 Å². The van der Waals surface area contributed by atoms with Gasteiger partial charge in [-0.05, 0) is 24.5 Å². The van der Waals surface area contributed by atoms with Gasteiger partial charge in [0.15, 0.2) is 0 Å². The summed E-state index contributed by atoms with van der Waals surface area (Å²) in [6.07, 6.45) is 2.46. The topological polar surface area (TPSA) is 52.7 Å².